The highest BCUT2D eigenvalue weighted by atomic mass is 16.5. The van der Waals surface area contributed by atoms with Crippen molar-refractivity contribution in [1.29, 1.82) is 0 Å². The van der Waals surface area contributed by atoms with Gasteiger partial charge in [-0.3, -0.25) is 4.79 Å². The predicted octanol–water partition coefficient (Wildman–Crippen LogP) is 2.82. The normalized spacial score (nSPS) is 33.1. The lowest BCUT2D eigenvalue weighted by Gasteiger charge is -2.48. The molecule has 15 heavy (non-hydrogen) atoms. The number of para-hydroxylation sites is 1. The van der Waals surface area contributed by atoms with E-state index in [2.05, 4.69) is 6.92 Å². The molecule has 0 bridgehead atoms. The van der Waals surface area contributed by atoms with Gasteiger partial charge in [-0.15, -0.1) is 0 Å². The summed E-state index contributed by atoms with van der Waals surface area (Å²) in [5.41, 5.74) is 0.591. The van der Waals surface area contributed by atoms with Gasteiger partial charge in [0.25, 0.3) is 0 Å². The zero-order chi connectivity index (χ0) is 10.5. The lowest BCUT2D eigenvalue weighted by Crippen LogP contribution is -2.51. The summed E-state index contributed by atoms with van der Waals surface area (Å²) in [6, 6.07) is 7.57. The van der Waals surface area contributed by atoms with Crippen molar-refractivity contribution in [2.24, 2.45) is 5.92 Å². The first-order valence-corrected chi connectivity index (χ1v) is 5.50. The van der Waals surface area contributed by atoms with Crippen molar-refractivity contribution in [3.05, 3.63) is 29.8 Å². The van der Waals surface area contributed by atoms with Crippen LogP contribution in [0.15, 0.2) is 24.3 Å². The van der Waals surface area contributed by atoms with Gasteiger partial charge >= 0.3 is 0 Å². The Morgan fingerprint density at radius 3 is 2.80 bits per heavy atom. The maximum absolute atomic E-state index is 11.9. The van der Waals surface area contributed by atoms with E-state index in [1.807, 2.05) is 24.3 Å². The number of ketones is 1. The van der Waals surface area contributed by atoms with Crippen molar-refractivity contribution in [1.82, 2.24) is 0 Å². The van der Waals surface area contributed by atoms with E-state index in [0.29, 0.717) is 12.3 Å². The van der Waals surface area contributed by atoms with Crippen molar-refractivity contribution in [3.8, 4) is 5.75 Å². The number of benzene rings is 1. The Morgan fingerprint density at radius 2 is 2.07 bits per heavy atom. The molecule has 2 nitrogen and oxygen atoms in total. The summed E-state index contributed by atoms with van der Waals surface area (Å²) < 4.78 is 5.98. The lowest BCUT2D eigenvalue weighted by molar-refractivity contribution is -0.0501. The number of hydrogen-bond acceptors (Lipinski definition) is 2. The second-order valence-corrected chi connectivity index (χ2v) is 4.89. The Labute approximate surface area is 89.2 Å². The van der Waals surface area contributed by atoms with E-state index < -0.39 is 0 Å². The summed E-state index contributed by atoms with van der Waals surface area (Å²) in [6.45, 7) is 2.21. The predicted molar refractivity (Wildman–Crippen MR) is 57.1 cm³/mol. The minimum atomic E-state index is -0.162. The minimum absolute atomic E-state index is 0.162. The molecule has 0 atom stereocenters. The molecule has 2 aliphatic rings. The number of hydrogen-bond donors (Lipinski definition) is 0. The molecule has 1 saturated carbocycles. The Kier molecular flexibility index (Phi) is 1.70. The Morgan fingerprint density at radius 1 is 1.33 bits per heavy atom. The average molecular weight is 202 g/mol. The molecule has 1 aliphatic heterocycles. The highest BCUT2D eigenvalue weighted by Gasteiger charge is 2.48. The van der Waals surface area contributed by atoms with E-state index in [0.717, 1.165) is 24.2 Å². The quantitative estimate of drug-likeness (QED) is 0.646. The first kappa shape index (κ1) is 8.96. The van der Waals surface area contributed by atoms with Crippen molar-refractivity contribution in [3.63, 3.8) is 0 Å². The van der Waals surface area contributed by atoms with Gasteiger partial charge in [0.15, 0.2) is 5.78 Å². The van der Waals surface area contributed by atoms with Crippen LogP contribution in [0, 0.1) is 5.92 Å². The van der Waals surface area contributed by atoms with Crippen LogP contribution in [0.5, 0.6) is 5.75 Å². The molecule has 1 heterocycles. The van der Waals surface area contributed by atoms with Gasteiger partial charge in [0.2, 0.25) is 0 Å². The van der Waals surface area contributed by atoms with Crippen molar-refractivity contribution in [2.75, 3.05) is 0 Å². The molecular formula is C13H14O2. The molecule has 1 aromatic carbocycles. The Bertz CT molecular complexity index is 416. The molecule has 1 spiro atoms. The Hall–Kier alpha value is -1.31. The van der Waals surface area contributed by atoms with Crippen LogP contribution in [-0.2, 0) is 0 Å². The standard InChI is InChI=1S/C13H14O2/c1-9-6-13(7-9)8-11(14)10-4-2-3-5-12(10)15-13/h2-5,9H,6-8H2,1H3. The van der Waals surface area contributed by atoms with E-state index in [1.54, 1.807) is 0 Å². The largest absolute Gasteiger partial charge is 0.486 e. The summed E-state index contributed by atoms with van der Waals surface area (Å²) >= 11 is 0. The third-order valence-corrected chi connectivity index (χ3v) is 3.44. The number of Topliss-reactive ketones (excluding diaryl/α,β-unsaturated/α-hetero) is 1. The second kappa shape index (κ2) is 2.84. The van der Waals surface area contributed by atoms with Crippen LogP contribution in [0.25, 0.3) is 0 Å². The highest BCUT2D eigenvalue weighted by molar-refractivity contribution is 6.00. The maximum Gasteiger partial charge on any atom is 0.170 e. The van der Waals surface area contributed by atoms with Crippen LogP contribution >= 0.6 is 0 Å². The molecule has 1 aliphatic carbocycles. The van der Waals surface area contributed by atoms with Crippen molar-refractivity contribution in [2.45, 2.75) is 31.8 Å². The van der Waals surface area contributed by atoms with E-state index in [9.17, 15) is 4.79 Å². The van der Waals surface area contributed by atoms with Crippen LogP contribution in [0.2, 0.25) is 0 Å². The van der Waals surface area contributed by atoms with Gasteiger partial charge in [-0.2, -0.15) is 0 Å². The molecule has 0 radical (unpaired) electrons. The van der Waals surface area contributed by atoms with Crippen LogP contribution in [0.3, 0.4) is 0 Å². The van der Waals surface area contributed by atoms with Gasteiger partial charge in [0, 0.05) is 0 Å². The van der Waals surface area contributed by atoms with E-state index in [4.69, 9.17) is 4.74 Å². The highest BCUT2D eigenvalue weighted by Crippen LogP contribution is 2.47. The van der Waals surface area contributed by atoms with E-state index in [1.165, 1.54) is 0 Å². The van der Waals surface area contributed by atoms with Crippen molar-refractivity contribution < 1.29 is 9.53 Å². The summed E-state index contributed by atoms with van der Waals surface area (Å²) in [4.78, 5) is 11.9. The van der Waals surface area contributed by atoms with Crippen molar-refractivity contribution >= 4 is 5.78 Å². The van der Waals surface area contributed by atoms with Gasteiger partial charge in [0.1, 0.15) is 11.4 Å². The fourth-order valence-corrected chi connectivity index (χ4v) is 2.88. The third kappa shape index (κ3) is 1.28. The molecular weight excluding hydrogens is 188 g/mol. The summed E-state index contributed by atoms with van der Waals surface area (Å²) in [7, 11) is 0. The SMILES string of the molecule is CC1CC2(CC(=O)c3ccccc3O2)C1. The van der Waals surface area contributed by atoms with Gasteiger partial charge in [0.05, 0.1) is 12.0 Å². The molecule has 0 saturated heterocycles. The molecule has 78 valence electrons. The topological polar surface area (TPSA) is 26.3 Å². The number of carbonyl (C=O) groups excluding carboxylic acids is 1. The molecule has 0 unspecified atom stereocenters. The Balaban J connectivity index is 1.97. The fraction of sp³-hybridized carbons (Fsp3) is 0.462. The monoisotopic (exact) mass is 202 g/mol. The smallest absolute Gasteiger partial charge is 0.170 e. The first-order valence-electron chi connectivity index (χ1n) is 5.50. The average Bonchev–Trinajstić information content (AvgIpc) is 2.16. The van der Waals surface area contributed by atoms with Gasteiger partial charge in [-0.25, -0.2) is 0 Å². The van der Waals surface area contributed by atoms with Crippen LogP contribution in [0.1, 0.15) is 36.5 Å². The van der Waals surface area contributed by atoms with Crippen LogP contribution < -0.4 is 4.74 Å². The number of ether oxygens (including phenoxy) is 1. The molecule has 0 N–H and O–H groups in total. The number of rotatable bonds is 0. The molecule has 2 heteroatoms. The van der Waals surface area contributed by atoms with E-state index in [-0.39, 0.29) is 11.4 Å². The van der Waals surface area contributed by atoms with Crippen LogP contribution in [-0.4, -0.2) is 11.4 Å². The van der Waals surface area contributed by atoms with Gasteiger partial charge in [-0.1, -0.05) is 19.1 Å². The lowest BCUT2D eigenvalue weighted by atomic mass is 9.68. The number of carbonyl (C=O) groups is 1. The van der Waals surface area contributed by atoms with Crippen LogP contribution in [0.4, 0.5) is 0 Å². The van der Waals surface area contributed by atoms with Gasteiger partial charge < -0.3 is 4.74 Å². The second-order valence-electron chi connectivity index (χ2n) is 4.89. The first-order chi connectivity index (χ1) is 7.19. The zero-order valence-corrected chi connectivity index (χ0v) is 8.82. The molecule has 1 aromatic rings. The number of fused-ring (bicyclic) bond motifs is 1. The zero-order valence-electron chi connectivity index (χ0n) is 8.82. The fourth-order valence-electron chi connectivity index (χ4n) is 2.88. The summed E-state index contributed by atoms with van der Waals surface area (Å²) in [6.07, 6.45) is 2.61. The summed E-state index contributed by atoms with van der Waals surface area (Å²) in [5, 5.41) is 0. The molecule has 0 amide bonds. The van der Waals surface area contributed by atoms with Gasteiger partial charge in [-0.05, 0) is 30.9 Å². The molecule has 3 rings (SSSR count). The summed E-state index contributed by atoms with van der Waals surface area (Å²) in [5.74, 6) is 1.72. The molecule has 0 aromatic heterocycles. The minimum Gasteiger partial charge on any atom is -0.486 e. The van der Waals surface area contributed by atoms with E-state index >= 15 is 0 Å². The molecule has 1 fully saturated rings. The maximum atomic E-state index is 11.9. The third-order valence-electron chi connectivity index (χ3n) is 3.44.